The van der Waals surface area contributed by atoms with Crippen LogP contribution in [0.1, 0.15) is 19.8 Å². The van der Waals surface area contributed by atoms with Crippen molar-refractivity contribution in [3.63, 3.8) is 0 Å². The Balaban J connectivity index is 1.60. The third kappa shape index (κ3) is 3.94. The summed E-state index contributed by atoms with van der Waals surface area (Å²) in [5, 5.41) is 9.55. The van der Waals surface area contributed by atoms with Crippen molar-refractivity contribution < 1.29 is 9.53 Å². The summed E-state index contributed by atoms with van der Waals surface area (Å²) in [6.45, 7) is 6.19. The predicted octanol–water partition coefficient (Wildman–Crippen LogP) is -0.521. The van der Waals surface area contributed by atoms with E-state index in [1.807, 2.05) is 0 Å². The van der Waals surface area contributed by atoms with E-state index in [2.05, 4.69) is 22.9 Å². The first-order chi connectivity index (χ1) is 8.25. The standard InChI is InChI=1S/C12H23N3O2/c1-9-6-15-11(7-14-9)12(16)13-4-2-10-3-5-17-8-10/h9-11,14-15H,2-8H2,1H3,(H,13,16). The van der Waals surface area contributed by atoms with E-state index in [1.54, 1.807) is 0 Å². The van der Waals surface area contributed by atoms with Crippen molar-refractivity contribution in [1.82, 2.24) is 16.0 Å². The van der Waals surface area contributed by atoms with Gasteiger partial charge < -0.3 is 20.7 Å². The van der Waals surface area contributed by atoms with Crippen LogP contribution in [0.5, 0.6) is 0 Å². The van der Waals surface area contributed by atoms with Crippen molar-refractivity contribution in [2.24, 2.45) is 5.92 Å². The van der Waals surface area contributed by atoms with Crippen molar-refractivity contribution in [1.29, 1.82) is 0 Å². The zero-order valence-electron chi connectivity index (χ0n) is 10.5. The number of carbonyl (C=O) groups excluding carboxylic acids is 1. The Bertz CT molecular complexity index is 246. The Morgan fingerprint density at radius 3 is 2.94 bits per heavy atom. The molecule has 0 spiro atoms. The normalized spacial score (nSPS) is 33.6. The van der Waals surface area contributed by atoms with Crippen molar-refractivity contribution in [2.75, 3.05) is 32.8 Å². The monoisotopic (exact) mass is 241 g/mol. The average Bonchev–Trinajstić information content (AvgIpc) is 2.83. The van der Waals surface area contributed by atoms with E-state index in [0.717, 1.165) is 45.7 Å². The smallest absolute Gasteiger partial charge is 0.238 e. The van der Waals surface area contributed by atoms with Gasteiger partial charge in [-0.05, 0) is 25.7 Å². The molecule has 0 aromatic carbocycles. The maximum Gasteiger partial charge on any atom is 0.238 e. The summed E-state index contributed by atoms with van der Waals surface area (Å²) in [6.07, 6.45) is 2.17. The number of nitrogens with one attached hydrogen (secondary N) is 3. The van der Waals surface area contributed by atoms with Gasteiger partial charge in [-0.2, -0.15) is 0 Å². The molecule has 3 unspecified atom stereocenters. The Morgan fingerprint density at radius 1 is 1.41 bits per heavy atom. The van der Waals surface area contributed by atoms with Gasteiger partial charge in [-0.1, -0.05) is 0 Å². The summed E-state index contributed by atoms with van der Waals surface area (Å²) >= 11 is 0. The minimum absolute atomic E-state index is 0.0778. The molecule has 2 rings (SSSR count). The van der Waals surface area contributed by atoms with Gasteiger partial charge >= 0.3 is 0 Å². The van der Waals surface area contributed by atoms with Crippen LogP contribution in [-0.4, -0.2) is 50.8 Å². The van der Waals surface area contributed by atoms with Gasteiger partial charge in [0.2, 0.25) is 5.91 Å². The van der Waals surface area contributed by atoms with E-state index in [1.165, 1.54) is 0 Å². The minimum atomic E-state index is -0.0778. The summed E-state index contributed by atoms with van der Waals surface area (Å²) in [5.74, 6) is 0.746. The number of rotatable bonds is 4. The molecule has 5 nitrogen and oxygen atoms in total. The molecule has 0 bridgehead atoms. The summed E-state index contributed by atoms with van der Waals surface area (Å²) < 4.78 is 5.31. The molecule has 0 radical (unpaired) electrons. The molecule has 1 amide bonds. The first-order valence-electron chi connectivity index (χ1n) is 6.58. The molecule has 2 aliphatic heterocycles. The zero-order valence-corrected chi connectivity index (χ0v) is 10.5. The van der Waals surface area contributed by atoms with E-state index >= 15 is 0 Å². The highest BCUT2D eigenvalue weighted by atomic mass is 16.5. The van der Waals surface area contributed by atoms with Gasteiger partial charge in [-0.15, -0.1) is 0 Å². The predicted molar refractivity (Wildman–Crippen MR) is 65.8 cm³/mol. The molecule has 0 saturated carbocycles. The molecule has 2 saturated heterocycles. The Hall–Kier alpha value is -0.650. The van der Waals surface area contributed by atoms with Crippen LogP contribution in [-0.2, 0) is 9.53 Å². The second-order valence-electron chi connectivity index (χ2n) is 5.08. The highest BCUT2D eigenvalue weighted by Crippen LogP contribution is 2.15. The minimum Gasteiger partial charge on any atom is -0.381 e. The van der Waals surface area contributed by atoms with Crippen LogP contribution in [0.4, 0.5) is 0 Å². The quantitative estimate of drug-likeness (QED) is 0.620. The molecule has 17 heavy (non-hydrogen) atoms. The lowest BCUT2D eigenvalue weighted by molar-refractivity contribution is -0.123. The average molecular weight is 241 g/mol. The lowest BCUT2D eigenvalue weighted by Gasteiger charge is -2.28. The van der Waals surface area contributed by atoms with Crippen molar-refractivity contribution in [2.45, 2.75) is 31.8 Å². The van der Waals surface area contributed by atoms with E-state index in [4.69, 9.17) is 4.74 Å². The Morgan fingerprint density at radius 2 is 2.29 bits per heavy atom. The molecule has 3 atom stereocenters. The topological polar surface area (TPSA) is 62.4 Å². The fraction of sp³-hybridized carbons (Fsp3) is 0.917. The van der Waals surface area contributed by atoms with Crippen molar-refractivity contribution in [3.05, 3.63) is 0 Å². The van der Waals surface area contributed by atoms with Crippen LogP contribution >= 0.6 is 0 Å². The van der Waals surface area contributed by atoms with Gasteiger partial charge in [-0.25, -0.2) is 0 Å². The highest BCUT2D eigenvalue weighted by Gasteiger charge is 2.23. The zero-order chi connectivity index (χ0) is 12.1. The highest BCUT2D eigenvalue weighted by molar-refractivity contribution is 5.82. The van der Waals surface area contributed by atoms with E-state index in [9.17, 15) is 4.79 Å². The first-order valence-corrected chi connectivity index (χ1v) is 6.58. The van der Waals surface area contributed by atoms with Crippen LogP contribution in [0.2, 0.25) is 0 Å². The van der Waals surface area contributed by atoms with Crippen molar-refractivity contribution in [3.8, 4) is 0 Å². The van der Waals surface area contributed by atoms with Crippen LogP contribution < -0.4 is 16.0 Å². The number of piperazine rings is 1. The largest absolute Gasteiger partial charge is 0.381 e. The molecule has 5 heteroatoms. The van der Waals surface area contributed by atoms with Crippen LogP contribution in [0.15, 0.2) is 0 Å². The lowest BCUT2D eigenvalue weighted by Crippen LogP contribution is -2.59. The summed E-state index contributed by atoms with van der Waals surface area (Å²) in [5.41, 5.74) is 0. The van der Waals surface area contributed by atoms with Gasteiger partial charge in [-0.3, -0.25) is 4.79 Å². The second kappa shape index (κ2) is 6.33. The van der Waals surface area contributed by atoms with Gasteiger partial charge in [0.05, 0.1) is 6.04 Å². The van der Waals surface area contributed by atoms with Gasteiger partial charge in [0, 0.05) is 38.9 Å². The van der Waals surface area contributed by atoms with Crippen molar-refractivity contribution >= 4 is 5.91 Å². The Labute approximate surface area is 103 Å². The molecular weight excluding hydrogens is 218 g/mol. The second-order valence-corrected chi connectivity index (χ2v) is 5.08. The molecule has 2 heterocycles. The molecule has 3 N–H and O–H groups in total. The summed E-state index contributed by atoms with van der Waals surface area (Å²) in [7, 11) is 0. The third-order valence-corrected chi connectivity index (χ3v) is 3.53. The number of carbonyl (C=O) groups is 1. The first kappa shape index (κ1) is 12.8. The maximum absolute atomic E-state index is 11.8. The third-order valence-electron chi connectivity index (χ3n) is 3.53. The lowest BCUT2D eigenvalue weighted by atomic mass is 10.1. The van der Waals surface area contributed by atoms with Crippen LogP contribution in [0, 0.1) is 5.92 Å². The molecule has 0 aromatic heterocycles. The molecule has 98 valence electrons. The van der Waals surface area contributed by atoms with E-state index in [-0.39, 0.29) is 11.9 Å². The van der Waals surface area contributed by atoms with E-state index in [0.29, 0.717) is 12.0 Å². The number of ether oxygens (including phenoxy) is 1. The fourth-order valence-electron chi connectivity index (χ4n) is 2.30. The molecule has 2 fully saturated rings. The van der Waals surface area contributed by atoms with Crippen LogP contribution in [0.25, 0.3) is 0 Å². The molecule has 2 aliphatic rings. The van der Waals surface area contributed by atoms with Gasteiger partial charge in [0.15, 0.2) is 0 Å². The summed E-state index contributed by atoms with van der Waals surface area (Å²) in [6, 6.07) is 0.376. The number of hydrogen-bond acceptors (Lipinski definition) is 4. The van der Waals surface area contributed by atoms with Crippen LogP contribution in [0.3, 0.4) is 0 Å². The molecule has 0 aromatic rings. The summed E-state index contributed by atoms with van der Waals surface area (Å²) in [4.78, 5) is 11.8. The SMILES string of the molecule is CC1CNC(C(=O)NCCC2CCOC2)CN1. The maximum atomic E-state index is 11.8. The van der Waals surface area contributed by atoms with E-state index < -0.39 is 0 Å². The molecule has 0 aliphatic carbocycles. The van der Waals surface area contributed by atoms with Gasteiger partial charge in [0.1, 0.15) is 0 Å². The fourth-order valence-corrected chi connectivity index (χ4v) is 2.30. The van der Waals surface area contributed by atoms with Gasteiger partial charge in [0.25, 0.3) is 0 Å². The Kier molecular flexibility index (Phi) is 4.76. The number of amides is 1. The molecular formula is C12H23N3O2. The number of hydrogen-bond donors (Lipinski definition) is 3.